The summed E-state index contributed by atoms with van der Waals surface area (Å²) in [5, 5.41) is 2.13. The molecule has 1 unspecified atom stereocenters. The van der Waals surface area contributed by atoms with Crippen molar-refractivity contribution in [1.82, 2.24) is 0 Å². The summed E-state index contributed by atoms with van der Waals surface area (Å²) in [4.78, 5) is 1.34. The van der Waals surface area contributed by atoms with Gasteiger partial charge in [0.1, 0.15) is 12.4 Å². The largest absolute Gasteiger partial charge is 0.489 e. The Bertz CT molecular complexity index is 1000. The van der Waals surface area contributed by atoms with Crippen LogP contribution in [0, 0.1) is 0 Å². The molecule has 30 heavy (non-hydrogen) atoms. The van der Waals surface area contributed by atoms with Gasteiger partial charge in [-0.1, -0.05) is 79.7 Å². The molecule has 152 valence electrons. The van der Waals surface area contributed by atoms with Gasteiger partial charge < -0.3 is 4.74 Å². The van der Waals surface area contributed by atoms with E-state index in [2.05, 4.69) is 85.1 Å². The molecular weight excluding hydrogens is 384 g/mol. The normalized spacial score (nSPS) is 11.9. The molecule has 2 heteroatoms. The first-order valence-electron chi connectivity index (χ1n) is 10.7. The van der Waals surface area contributed by atoms with Crippen molar-refractivity contribution in [2.45, 2.75) is 38.7 Å². The zero-order valence-corrected chi connectivity index (χ0v) is 18.3. The Kier molecular flexibility index (Phi) is 6.99. The lowest BCUT2D eigenvalue weighted by atomic mass is 9.94. The van der Waals surface area contributed by atoms with E-state index in [-0.39, 0.29) is 0 Å². The highest BCUT2D eigenvalue weighted by molar-refractivity contribution is 7.13. The number of benzene rings is 3. The van der Waals surface area contributed by atoms with Crippen molar-refractivity contribution in [1.29, 1.82) is 0 Å². The third-order valence-corrected chi connectivity index (χ3v) is 6.48. The number of hydrogen-bond acceptors (Lipinski definition) is 2. The van der Waals surface area contributed by atoms with E-state index < -0.39 is 0 Å². The molecule has 0 saturated heterocycles. The van der Waals surface area contributed by atoms with Gasteiger partial charge in [0.15, 0.2) is 0 Å². The van der Waals surface area contributed by atoms with Crippen molar-refractivity contribution < 1.29 is 4.74 Å². The molecule has 4 rings (SSSR count). The molecule has 0 radical (unpaired) electrons. The van der Waals surface area contributed by atoms with Gasteiger partial charge in [-0.2, -0.15) is 0 Å². The molecular formula is C28H28OS. The summed E-state index contributed by atoms with van der Waals surface area (Å²) < 4.78 is 5.90. The summed E-state index contributed by atoms with van der Waals surface area (Å²) in [7, 11) is 0. The highest BCUT2D eigenvalue weighted by Crippen LogP contribution is 2.27. The van der Waals surface area contributed by atoms with E-state index in [0.29, 0.717) is 12.5 Å². The van der Waals surface area contributed by atoms with Gasteiger partial charge in [-0.25, -0.2) is 0 Å². The minimum absolute atomic E-state index is 0.554. The number of thiophene rings is 1. The zero-order valence-electron chi connectivity index (χ0n) is 17.5. The van der Waals surface area contributed by atoms with Gasteiger partial charge in [-0.3, -0.25) is 0 Å². The minimum atomic E-state index is 0.554. The van der Waals surface area contributed by atoms with Crippen LogP contribution < -0.4 is 4.74 Å². The first-order valence-corrected chi connectivity index (χ1v) is 11.6. The summed E-state index contributed by atoms with van der Waals surface area (Å²) >= 11 is 1.80. The van der Waals surface area contributed by atoms with Crippen molar-refractivity contribution in [2.24, 2.45) is 0 Å². The van der Waals surface area contributed by atoms with Crippen LogP contribution in [0.25, 0.3) is 10.4 Å². The van der Waals surface area contributed by atoms with Crippen LogP contribution in [0.15, 0.2) is 96.4 Å². The molecule has 3 aromatic carbocycles. The van der Waals surface area contributed by atoms with Crippen molar-refractivity contribution in [3.63, 3.8) is 0 Å². The topological polar surface area (TPSA) is 9.23 Å². The van der Waals surface area contributed by atoms with E-state index in [0.717, 1.165) is 12.2 Å². The first kappa shape index (κ1) is 20.4. The number of ether oxygens (including phenoxy) is 1. The third kappa shape index (κ3) is 5.61. The van der Waals surface area contributed by atoms with Crippen LogP contribution in [-0.2, 0) is 13.0 Å². The molecule has 1 heterocycles. The molecule has 0 bridgehead atoms. The van der Waals surface area contributed by atoms with E-state index >= 15 is 0 Å². The fourth-order valence-corrected chi connectivity index (χ4v) is 4.42. The van der Waals surface area contributed by atoms with Gasteiger partial charge in [0.05, 0.1) is 0 Å². The lowest BCUT2D eigenvalue weighted by Crippen LogP contribution is -1.97. The molecule has 1 nitrogen and oxygen atoms in total. The smallest absolute Gasteiger partial charge is 0.119 e. The van der Waals surface area contributed by atoms with Crippen LogP contribution in [0.5, 0.6) is 5.75 Å². The minimum Gasteiger partial charge on any atom is -0.489 e. The molecule has 4 aromatic rings. The third-order valence-electron chi connectivity index (χ3n) is 5.56. The van der Waals surface area contributed by atoms with Crippen molar-refractivity contribution in [2.75, 3.05) is 0 Å². The van der Waals surface area contributed by atoms with Gasteiger partial charge in [0.25, 0.3) is 0 Å². The molecule has 1 aromatic heterocycles. The second-order valence-corrected chi connectivity index (χ2v) is 8.76. The number of aryl methyl sites for hydroxylation is 1. The van der Waals surface area contributed by atoms with Crippen molar-refractivity contribution in [3.05, 3.63) is 113 Å². The molecule has 0 spiro atoms. The highest BCUT2D eigenvalue weighted by atomic mass is 32.1. The van der Waals surface area contributed by atoms with Crippen LogP contribution in [0.1, 0.15) is 42.4 Å². The average molecular weight is 413 g/mol. The lowest BCUT2D eigenvalue weighted by Gasteiger charge is -2.13. The average Bonchev–Trinajstić information content (AvgIpc) is 3.34. The first-order chi connectivity index (χ1) is 14.8. The van der Waals surface area contributed by atoms with Crippen LogP contribution in [0.2, 0.25) is 0 Å². The van der Waals surface area contributed by atoms with Crippen molar-refractivity contribution in [3.8, 4) is 16.2 Å². The van der Waals surface area contributed by atoms with Gasteiger partial charge >= 0.3 is 0 Å². The van der Waals surface area contributed by atoms with E-state index in [1.54, 1.807) is 11.3 Å². The highest BCUT2D eigenvalue weighted by Gasteiger charge is 2.07. The Balaban J connectivity index is 1.23. The SMILES string of the molecule is CC(CCCc1ccc(-c2cccs2)cc1)c1ccc(OCc2ccccc2)cc1. The van der Waals surface area contributed by atoms with Crippen molar-refractivity contribution >= 4 is 11.3 Å². The molecule has 0 N–H and O–H groups in total. The summed E-state index contributed by atoms with van der Waals surface area (Å²) in [5.41, 5.74) is 5.32. The monoisotopic (exact) mass is 412 g/mol. The van der Waals surface area contributed by atoms with Crippen LogP contribution >= 0.6 is 11.3 Å². The maximum Gasteiger partial charge on any atom is 0.119 e. The Morgan fingerprint density at radius 3 is 2.23 bits per heavy atom. The Morgan fingerprint density at radius 1 is 0.767 bits per heavy atom. The van der Waals surface area contributed by atoms with E-state index in [1.165, 1.54) is 40.0 Å². The Hall–Kier alpha value is -2.84. The second-order valence-electron chi connectivity index (χ2n) is 7.81. The van der Waals surface area contributed by atoms with E-state index in [9.17, 15) is 0 Å². The van der Waals surface area contributed by atoms with Gasteiger partial charge in [-0.05, 0) is 71.0 Å². The molecule has 0 saturated carbocycles. The summed E-state index contributed by atoms with van der Waals surface area (Å²) in [6, 6.07) is 32.2. The van der Waals surface area contributed by atoms with Gasteiger partial charge in [0, 0.05) is 4.88 Å². The predicted molar refractivity (Wildman–Crippen MR) is 128 cm³/mol. The molecule has 0 aliphatic carbocycles. The summed E-state index contributed by atoms with van der Waals surface area (Å²) in [5.74, 6) is 1.49. The Labute approximate surface area is 184 Å². The number of hydrogen-bond donors (Lipinski definition) is 0. The maximum absolute atomic E-state index is 5.90. The summed E-state index contributed by atoms with van der Waals surface area (Å²) in [6.07, 6.45) is 3.52. The van der Waals surface area contributed by atoms with Crippen LogP contribution in [0.4, 0.5) is 0 Å². The fourth-order valence-electron chi connectivity index (χ4n) is 3.69. The molecule has 0 aliphatic heterocycles. The molecule has 0 aliphatic rings. The molecule has 0 amide bonds. The Morgan fingerprint density at radius 2 is 1.53 bits per heavy atom. The van der Waals surface area contributed by atoms with Gasteiger partial charge in [0.2, 0.25) is 0 Å². The lowest BCUT2D eigenvalue weighted by molar-refractivity contribution is 0.306. The fraction of sp³-hybridized carbons (Fsp3) is 0.214. The standard InChI is InChI=1S/C28H28OS/c1-22(7-5-10-23-12-14-26(15-13-23)28-11-6-20-30-28)25-16-18-27(19-17-25)29-21-24-8-3-2-4-9-24/h2-4,6,8-9,11-20,22H,5,7,10,21H2,1H3. The summed E-state index contributed by atoms with van der Waals surface area (Å²) in [6.45, 7) is 2.93. The molecule has 1 atom stereocenters. The van der Waals surface area contributed by atoms with E-state index in [4.69, 9.17) is 4.74 Å². The second kappa shape index (κ2) is 10.3. The van der Waals surface area contributed by atoms with Crippen LogP contribution in [0.3, 0.4) is 0 Å². The van der Waals surface area contributed by atoms with Gasteiger partial charge in [-0.15, -0.1) is 11.3 Å². The predicted octanol–water partition coefficient (Wildman–Crippen LogP) is 8.12. The molecule has 0 fully saturated rings. The van der Waals surface area contributed by atoms with Crippen LogP contribution in [-0.4, -0.2) is 0 Å². The quantitative estimate of drug-likeness (QED) is 0.270. The number of rotatable bonds is 9. The maximum atomic E-state index is 5.90. The van der Waals surface area contributed by atoms with E-state index in [1.807, 2.05) is 18.2 Å². The zero-order chi connectivity index (χ0) is 20.6.